The fourth-order valence-electron chi connectivity index (χ4n) is 3.04. The zero-order valence-corrected chi connectivity index (χ0v) is 12.6. The second-order valence-electron chi connectivity index (χ2n) is 5.44. The molecule has 2 heterocycles. The highest BCUT2D eigenvalue weighted by Gasteiger charge is 2.35. The summed E-state index contributed by atoms with van der Waals surface area (Å²) in [6.07, 6.45) is 2.03. The van der Waals surface area contributed by atoms with Gasteiger partial charge in [0.05, 0.1) is 0 Å². The first-order chi connectivity index (χ1) is 9.67. The molecule has 0 saturated carbocycles. The number of likely N-dealkylation sites (N-methyl/N-ethyl adjacent to an activating group) is 1. The first kappa shape index (κ1) is 15.1. The first-order valence-corrected chi connectivity index (χ1v) is 7.71. The standard InChI is InChI=1S/C14H26N4O2/c1-3-16(4-2)13(19)11-17-9-10-18(14(17)20)12-5-7-15-8-6-12/h12,15H,3-11H2,1-2H3. The zero-order valence-electron chi connectivity index (χ0n) is 12.6. The van der Waals surface area contributed by atoms with Gasteiger partial charge in [0.2, 0.25) is 5.91 Å². The lowest BCUT2D eigenvalue weighted by Crippen LogP contribution is -2.46. The summed E-state index contributed by atoms with van der Waals surface area (Å²) < 4.78 is 0. The Morgan fingerprint density at radius 2 is 1.90 bits per heavy atom. The lowest BCUT2D eigenvalue weighted by atomic mass is 10.1. The van der Waals surface area contributed by atoms with Crippen LogP contribution in [-0.4, -0.2) is 78.5 Å². The lowest BCUT2D eigenvalue weighted by molar-refractivity contribution is -0.131. The van der Waals surface area contributed by atoms with Crippen LogP contribution in [0.15, 0.2) is 0 Å². The topological polar surface area (TPSA) is 55.9 Å². The Bertz CT molecular complexity index is 351. The summed E-state index contributed by atoms with van der Waals surface area (Å²) in [5, 5.41) is 3.31. The number of rotatable bonds is 5. The van der Waals surface area contributed by atoms with E-state index in [-0.39, 0.29) is 18.5 Å². The van der Waals surface area contributed by atoms with Crippen molar-refractivity contribution in [2.24, 2.45) is 0 Å². The van der Waals surface area contributed by atoms with Crippen molar-refractivity contribution in [3.63, 3.8) is 0 Å². The van der Waals surface area contributed by atoms with E-state index in [1.165, 1.54) is 0 Å². The second-order valence-corrected chi connectivity index (χ2v) is 5.44. The highest BCUT2D eigenvalue weighted by Crippen LogP contribution is 2.18. The van der Waals surface area contributed by atoms with Gasteiger partial charge in [-0.15, -0.1) is 0 Å². The van der Waals surface area contributed by atoms with Crippen molar-refractivity contribution in [3.8, 4) is 0 Å². The average Bonchev–Trinajstić information content (AvgIpc) is 2.82. The van der Waals surface area contributed by atoms with Crippen molar-refractivity contribution >= 4 is 11.9 Å². The number of amides is 3. The summed E-state index contributed by atoms with van der Waals surface area (Å²) in [4.78, 5) is 29.9. The van der Waals surface area contributed by atoms with Gasteiger partial charge >= 0.3 is 6.03 Å². The number of urea groups is 1. The van der Waals surface area contributed by atoms with E-state index in [1.54, 1.807) is 9.80 Å². The van der Waals surface area contributed by atoms with Crippen molar-refractivity contribution in [3.05, 3.63) is 0 Å². The molecule has 0 atom stereocenters. The summed E-state index contributed by atoms with van der Waals surface area (Å²) in [6.45, 7) is 8.96. The molecule has 114 valence electrons. The molecular formula is C14H26N4O2. The van der Waals surface area contributed by atoms with E-state index >= 15 is 0 Å². The number of nitrogens with one attached hydrogen (secondary N) is 1. The minimum atomic E-state index is 0.0393. The molecule has 0 radical (unpaired) electrons. The third-order valence-corrected chi connectivity index (χ3v) is 4.32. The molecule has 20 heavy (non-hydrogen) atoms. The summed E-state index contributed by atoms with van der Waals surface area (Å²) in [5.41, 5.74) is 0. The molecule has 0 unspecified atom stereocenters. The van der Waals surface area contributed by atoms with Crippen molar-refractivity contribution in [1.82, 2.24) is 20.0 Å². The molecule has 0 aromatic heterocycles. The monoisotopic (exact) mass is 282 g/mol. The maximum absolute atomic E-state index is 12.4. The van der Waals surface area contributed by atoms with Crippen LogP contribution in [0.4, 0.5) is 4.79 Å². The van der Waals surface area contributed by atoms with Crippen molar-refractivity contribution in [1.29, 1.82) is 0 Å². The number of nitrogens with zero attached hydrogens (tertiary/aromatic N) is 3. The molecule has 0 spiro atoms. The van der Waals surface area contributed by atoms with Gasteiger partial charge in [0.1, 0.15) is 6.54 Å². The van der Waals surface area contributed by atoms with Gasteiger partial charge in [-0.25, -0.2) is 4.79 Å². The molecule has 0 bridgehead atoms. The van der Waals surface area contributed by atoms with Crippen LogP contribution in [0.25, 0.3) is 0 Å². The molecule has 0 aromatic rings. The van der Waals surface area contributed by atoms with Crippen molar-refractivity contribution in [2.75, 3.05) is 45.8 Å². The van der Waals surface area contributed by atoms with Crippen LogP contribution in [0, 0.1) is 0 Å². The maximum Gasteiger partial charge on any atom is 0.320 e. The molecule has 0 aliphatic carbocycles. The molecule has 1 N–H and O–H groups in total. The predicted molar refractivity (Wildman–Crippen MR) is 77.5 cm³/mol. The zero-order chi connectivity index (χ0) is 14.5. The van der Waals surface area contributed by atoms with Gasteiger partial charge in [0.25, 0.3) is 0 Å². The van der Waals surface area contributed by atoms with Gasteiger partial charge in [-0.1, -0.05) is 0 Å². The van der Waals surface area contributed by atoms with Crippen molar-refractivity contribution in [2.45, 2.75) is 32.7 Å². The van der Waals surface area contributed by atoms with Gasteiger partial charge in [0.15, 0.2) is 0 Å². The second kappa shape index (κ2) is 6.92. The van der Waals surface area contributed by atoms with Gasteiger partial charge < -0.3 is 20.0 Å². The molecule has 3 amide bonds. The third kappa shape index (κ3) is 3.23. The summed E-state index contributed by atoms with van der Waals surface area (Å²) >= 11 is 0. The van der Waals surface area contributed by atoms with E-state index in [4.69, 9.17) is 0 Å². The molecular weight excluding hydrogens is 256 g/mol. The Morgan fingerprint density at radius 1 is 1.25 bits per heavy atom. The van der Waals surface area contributed by atoms with E-state index in [1.807, 2.05) is 18.7 Å². The number of carbonyl (C=O) groups is 2. The minimum absolute atomic E-state index is 0.0393. The van der Waals surface area contributed by atoms with Crippen LogP contribution in [0.3, 0.4) is 0 Å². The van der Waals surface area contributed by atoms with Gasteiger partial charge in [0, 0.05) is 32.2 Å². The van der Waals surface area contributed by atoms with Gasteiger partial charge in [-0.2, -0.15) is 0 Å². The Kier molecular flexibility index (Phi) is 5.23. The van der Waals surface area contributed by atoms with Crippen LogP contribution in [-0.2, 0) is 4.79 Å². The SMILES string of the molecule is CCN(CC)C(=O)CN1CCN(C2CCNCC2)C1=O. The maximum atomic E-state index is 12.4. The van der Waals surface area contributed by atoms with Crippen LogP contribution >= 0.6 is 0 Å². The highest BCUT2D eigenvalue weighted by molar-refractivity contribution is 5.85. The van der Waals surface area contributed by atoms with Gasteiger partial charge in [-0.3, -0.25) is 4.79 Å². The Labute approximate surface area is 121 Å². The minimum Gasteiger partial charge on any atom is -0.342 e. The number of hydrogen-bond acceptors (Lipinski definition) is 3. The number of piperidine rings is 1. The highest BCUT2D eigenvalue weighted by atomic mass is 16.2. The molecule has 2 rings (SSSR count). The predicted octanol–water partition coefficient (Wildman–Crippen LogP) is 0.344. The summed E-state index contributed by atoms with van der Waals surface area (Å²) in [6, 6.07) is 0.384. The van der Waals surface area contributed by atoms with E-state index in [2.05, 4.69) is 5.32 Å². The molecule has 2 fully saturated rings. The summed E-state index contributed by atoms with van der Waals surface area (Å²) in [5.74, 6) is 0.0514. The molecule has 2 saturated heterocycles. The Morgan fingerprint density at radius 3 is 2.50 bits per heavy atom. The third-order valence-electron chi connectivity index (χ3n) is 4.32. The smallest absolute Gasteiger partial charge is 0.320 e. The Hall–Kier alpha value is -1.30. The van der Waals surface area contributed by atoms with Crippen molar-refractivity contribution < 1.29 is 9.59 Å². The lowest BCUT2D eigenvalue weighted by Gasteiger charge is -2.31. The molecule has 6 heteroatoms. The van der Waals surface area contributed by atoms with E-state index in [0.717, 1.165) is 32.5 Å². The quantitative estimate of drug-likeness (QED) is 0.791. The first-order valence-electron chi connectivity index (χ1n) is 7.71. The van der Waals surface area contributed by atoms with E-state index in [0.29, 0.717) is 25.7 Å². The fraction of sp³-hybridized carbons (Fsp3) is 0.857. The van der Waals surface area contributed by atoms with Crippen LogP contribution in [0.1, 0.15) is 26.7 Å². The Balaban J connectivity index is 1.88. The fourth-order valence-corrected chi connectivity index (χ4v) is 3.04. The molecule has 2 aliphatic rings. The number of carbonyl (C=O) groups excluding carboxylic acids is 2. The largest absolute Gasteiger partial charge is 0.342 e. The van der Waals surface area contributed by atoms with Crippen LogP contribution in [0.2, 0.25) is 0 Å². The molecule has 6 nitrogen and oxygen atoms in total. The van der Waals surface area contributed by atoms with E-state index in [9.17, 15) is 9.59 Å². The van der Waals surface area contributed by atoms with E-state index < -0.39 is 0 Å². The van der Waals surface area contributed by atoms with Crippen LogP contribution in [0.5, 0.6) is 0 Å². The molecule has 2 aliphatic heterocycles. The summed E-state index contributed by atoms with van der Waals surface area (Å²) in [7, 11) is 0. The molecule has 0 aromatic carbocycles. The number of hydrogen-bond donors (Lipinski definition) is 1. The van der Waals surface area contributed by atoms with Crippen LogP contribution < -0.4 is 5.32 Å². The van der Waals surface area contributed by atoms with Gasteiger partial charge in [-0.05, 0) is 39.8 Å². The average molecular weight is 282 g/mol. The normalized spacial score (nSPS) is 20.6.